The van der Waals surface area contributed by atoms with Gasteiger partial charge in [-0.2, -0.15) is 0 Å². The summed E-state index contributed by atoms with van der Waals surface area (Å²) in [5, 5.41) is 6.88. The fourth-order valence-corrected chi connectivity index (χ4v) is 4.43. The molecule has 0 spiro atoms. The summed E-state index contributed by atoms with van der Waals surface area (Å²) in [5.74, 6) is 1.52. The van der Waals surface area contributed by atoms with E-state index in [1.807, 2.05) is 0 Å². The smallest absolute Gasteiger partial charge is 0.191 e. The van der Waals surface area contributed by atoms with Gasteiger partial charge in [0.2, 0.25) is 0 Å². The highest BCUT2D eigenvalue weighted by Crippen LogP contribution is 2.31. The van der Waals surface area contributed by atoms with Gasteiger partial charge in [-0.05, 0) is 58.5 Å². The van der Waals surface area contributed by atoms with Crippen LogP contribution in [-0.2, 0) is 14.2 Å². The average molecular weight is 397 g/mol. The molecule has 3 saturated heterocycles. The predicted molar refractivity (Wildman–Crippen MR) is 112 cm³/mol. The van der Waals surface area contributed by atoms with Gasteiger partial charge in [0.1, 0.15) is 0 Å². The summed E-state index contributed by atoms with van der Waals surface area (Å²) in [7, 11) is 0. The number of rotatable bonds is 10. The van der Waals surface area contributed by atoms with E-state index in [9.17, 15) is 0 Å². The molecule has 0 aliphatic carbocycles. The van der Waals surface area contributed by atoms with Crippen molar-refractivity contribution >= 4 is 5.96 Å². The van der Waals surface area contributed by atoms with Crippen LogP contribution in [0.4, 0.5) is 0 Å². The van der Waals surface area contributed by atoms with Gasteiger partial charge >= 0.3 is 0 Å². The molecule has 3 rings (SSSR count). The van der Waals surface area contributed by atoms with E-state index in [1.54, 1.807) is 0 Å². The molecule has 3 aliphatic rings. The highest BCUT2D eigenvalue weighted by Gasteiger charge is 2.39. The Bertz CT molecular complexity index is 457. The van der Waals surface area contributed by atoms with Gasteiger partial charge in [-0.3, -0.25) is 9.89 Å². The summed E-state index contributed by atoms with van der Waals surface area (Å²) < 4.78 is 16.8. The molecule has 2 N–H and O–H groups in total. The van der Waals surface area contributed by atoms with Crippen molar-refractivity contribution in [2.45, 2.75) is 51.0 Å². The molecule has 0 aromatic carbocycles. The second-order valence-electron chi connectivity index (χ2n) is 8.31. The third-order valence-corrected chi connectivity index (χ3v) is 6.21. The molecular formula is C21H40N4O3. The molecule has 1 unspecified atom stereocenters. The van der Waals surface area contributed by atoms with Crippen LogP contribution in [0.5, 0.6) is 0 Å². The summed E-state index contributed by atoms with van der Waals surface area (Å²) >= 11 is 0. The summed E-state index contributed by atoms with van der Waals surface area (Å²) in [4.78, 5) is 7.64. The quantitative estimate of drug-likeness (QED) is 0.332. The van der Waals surface area contributed by atoms with E-state index in [4.69, 9.17) is 19.2 Å². The van der Waals surface area contributed by atoms with Gasteiger partial charge in [0.25, 0.3) is 0 Å². The van der Waals surface area contributed by atoms with Crippen molar-refractivity contribution in [3.63, 3.8) is 0 Å². The van der Waals surface area contributed by atoms with Crippen molar-refractivity contribution in [1.29, 1.82) is 0 Å². The Labute approximate surface area is 170 Å². The number of nitrogens with one attached hydrogen (secondary N) is 2. The van der Waals surface area contributed by atoms with Crippen molar-refractivity contribution < 1.29 is 14.2 Å². The lowest BCUT2D eigenvalue weighted by Gasteiger charge is -2.43. The van der Waals surface area contributed by atoms with Crippen molar-refractivity contribution in [3.05, 3.63) is 0 Å². The second-order valence-corrected chi connectivity index (χ2v) is 8.31. The molecule has 0 amide bonds. The Kier molecular flexibility index (Phi) is 9.31. The average Bonchev–Trinajstić information content (AvgIpc) is 3.44. The molecule has 0 radical (unpaired) electrons. The first kappa shape index (κ1) is 21.8. The number of nitrogens with zero attached hydrogens (tertiary/aromatic N) is 2. The van der Waals surface area contributed by atoms with Gasteiger partial charge < -0.3 is 24.8 Å². The molecule has 0 aromatic heterocycles. The van der Waals surface area contributed by atoms with Crippen LogP contribution in [0.1, 0.15) is 45.4 Å². The predicted octanol–water partition coefficient (Wildman–Crippen LogP) is 1.63. The Morgan fingerprint density at radius 1 is 1.14 bits per heavy atom. The minimum Gasteiger partial charge on any atom is -0.381 e. The van der Waals surface area contributed by atoms with Crippen LogP contribution in [-0.4, -0.2) is 88.8 Å². The van der Waals surface area contributed by atoms with Gasteiger partial charge in [-0.25, -0.2) is 0 Å². The topological polar surface area (TPSA) is 67.4 Å². The maximum Gasteiger partial charge on any atom is 0.191 e. The Hall–Kier alpha value is -0.890. The highest BCUT2D eigenvalue weighted by atomic mass is 16.5. The van der Waals surface area contributed by atoms with E-state index in [1.165, 1.54) is 25.9 Å². The van der Waals surface area contributed by atoms with E-state index in [2.05, 4.69) is 22.5 Å². The normalized spacial score (nSPS) is 25.9. The first-order valence-corrected chi connectivity index (χ1v) is 11.3. The van der Waals surface area contributed by atoms with Crippen molar-refractivity contribution in [1.82, 2.24) is 15.5 Å². The standard InChI is InChI=1S/C21H40N4O3/c1-2-22-20(23-9-5-12-27-16-19-6-13-28-17-19)24-18-21(7-14-26-15-8-21)25-10-3-4-11-25/h19H,2-18H2,1H3,(H2,22,23,24). The zero-order valence-corrected chi connectivity index (χ0v) is 17.7. The van der Waals surface area contributed by atoms with Crippen LogP contribution in [0, 0.1) is 5.92 Å². The zero-order valence-electron chi connectivity index (χ0n) is 17.7. The molecule has 3 aliphatic heterocycles. The van der Waals surface area contributed by atoms with E-state index in [0.717, 1.165) is 90.9 Å². The molecule has 7 heteroatoms. The van der Waals surface area contributed by atoms with E-state index in [0.29, 0.717) is 5.92 Å². The molecule has 1 atom stereocenters. The van der Waals surface area contributed by atoms with Crippen molar-refractivity contribution in [2.75, 3.05) is 72.4 Å². The number of likely N-dealkylation sites (tertiary alicyclic amines) is 1. The number of hydrogen-bond donors (Lipinski definition) is 2. The molecule has 0 bridgehead atoms. The number of ether oxygens (including phenoxy) is 3. The molecule has 3 fully saturated rings. The maximum atomic E-state index is 5.80. The Balaban J connectivity index is 1.41. The van der Waals surface area contributed by atoms with Crippen molar-refractivity contribution in [3.8, 4) is 0 Å². The molecule has 3 heterocycles. The lowest BCUT2D eigenvalue weighted by Crippen LogP contribution is -2.54. The second kappa shape index (κ2) is 12.0. The highest BCUT2D eigenvalue weighted by molar-refractivity contribution is 5.79. The molecule has 0 saturated carbocycles. The van der Waals surface area contributed by atoms with Gasteiger partial charge in [0, 0.05) is 51.0 Å². The van der Waals surface area contributed by atoms with Crippen LogP contribution in [0.2, 0.25) is 0 Å². The minimum atomic E-state index is 0.184. The Morgan fingerprint density at radius 2 is 1.96 bits per heavy atom. The van der Waals surface area contributed by atoms with Gasteiger partial charge in [-0.1, -0.05) is 0 Å². The van der Waals surface area contributed by atoms with Crippen LogP contribution in [0.15, 0.2) is 4.99 Å². The summed E-state index contributed by atoms with van der Waals surface area (Å²) in [6.07, 6.45) is 6.95. The van der Waals surface area contributed by atoms with Crippen molar-refractivity contribution in [2.24, 2.45) is 10.9 Å². The maximum absolute atomic E-state index is 5.80. The fraction of sp³-hybridized carbons (Fsp3) is 0.952. The number of aliphatic imine (C=N–C) groups is 1. The van der Waals surface area contributed by atoms with Crippen LogP contribution < -0.4 is 10.6 Å². The molecular weight excluding hydrogens is 356 g/mol. The summed E-state index contributed by atoms with van der Waals surface area (Å²) in [6.45, 7) is 12.2. The lowest BCUT2D eigenvalue weighted by molar-refractivity contribution is -0.0139. The first-order chi connectivity index (χ1) is 13.8. The van der Waals surface area contributed by atoms with Gasteiger partial charge in [-0.15, -0.1) is 0 Å². The molecule has 162 valence electrons. The van der Waals surface area contributed by atoms with E-state index in [-0.39, 0.29) is 5.54 Å². The van der Waals surface area contributed by atoms with Crippen LogP contribution in [0.25, 0.3) is 0 Å². The SMILES string of the molecule is CCNC(=NCC1(N2CCCC2)CCOCC1)NCCCOCC1CCOC1. The van der Waals surface area contributed by atoms with Crippen LogP contribution in [0.3, 0.4) is 0 Å². The minimum absolute atomic E-state index is 0.184. The largest absolute Gasteiger partial charge is 0.381 e. The zero-order chi connectivity index (χ0) is 19.5. The first-order valence-electron chi connectivity index (χ1n) is 11.3. The van der Waals surface area contributed by atoms with Gasteiger partial charge in [0.15, 0.2) is 5.96 Å². The Morgan fingerprint density at radius 3 is 2.68 bits per heavy atom. The molecule has 28 heavy (non-hydrogen) atoms. The van der Waals surface area contributed by atoms with Gasteiger partial charge in [0.05, 0.1) is 19.8 Å². The van der Waals surface area contributed by atoms with E-state index < -0.39 is 0 Å². The lowest BCUT2D eigenvalue weighted by atomic mass is 9.88. The molecule has 7 nitrogen and oxygen atoms in total. The third-order valence-electron chi connectivity index (χ3n) is 6.21. The summed E-state index contributed by atoms with van der Waals surface area (Å²) in [5.41, 5.74) is 0.184. The monoisotopic (exact) mass is 396 g/mol. The van der Waals surface area contributed by atoms with E-state index >= 15 is 0 Å². The summed E-state index contributed by atoms with van der Waals surface area (Å²) in [6, 6.07) is 0. The third kappa shape index (κ3) is 6.58. The fourth-order valence-electron chi connectivity index (χ4n) is 4.43. The number of hydrogen-bond acceptors (Lipinski definition) is 5. The molecule has 0 aromatic rings. The van der Waals surface area contributed by atoms with Crippen LogP contribution >= 0.6 is 0 Å². The number of guanidine groups is 1.